The zero-order valence-electron chi connectivity index (χ0n) is 7.08. The normalized spacial score (nSPS) is 12.2. The van der Waals surface area contributed by atoms with Crippen molar-refractivity contribution in [2.24, 2.45) is 5.73 Å². The van der Waals surface area contributed by atoms with E-state index in [1.54, 1.807) is 13.0 Å². The minimum atomic E-state index is -0.732. The van der Waals surface area contributed by atoms with Crippen LogP contribution in [0, 0.1) is 17.1 Å². The molecule has 0 saturated heterocycles. The molecule has 0 saturated carbocycles. The first-order valence-corrected chi connectivity index (χ1v) is 3.74. The predicted molar refractivity (Wildman–Crippen MR) is 45.4 cm³/mol. The molecule has 1 atom stereocenters. The van der Waals surface area contributed by atoms with Gasteiger partial charge in [0.05, 0.1) is 5.56 Å². The van der Waals surface area contributed by atoms with Crippen LogP contribution < -0.4 is 5.73 Å². The van der Waals surface area contributed by atoms with E-state index in [1.165, 1.54) is 6.07 Å². The fourth-order valence-corrected chi connectivity index (χ4v) is 1.03. The van der Waals surface area contributed by atoms with E-state index < -0.39 is 11.9 Å². The van der Waals surface area contributed by atoms with Crippen molar-refractivity contribution >= 4 is 0 Å². The lowest BCUT2D eigenvalue weighted by molar-refractivity contribution is 0.457. The first-order chi connectivity index (χ1) is 6.06. The van der Waals surface area contributed by atoms with Crippen LogP contribution in [0.5, 0.6) is 5.75 Å². The summed E-state index contributed by atoms with van der Waals surface area (Å²) in [5.74, 6) is -0.948. The summed E-state index contributed by atoms with van der Waals surface area (Å²) >= 11 is 0. The molecule has 13 heavy (non-hydrogen) atoms. The Morgan fingerprint density at radius 3 is 2.69 bits per heavy atom. The molecule has 0 amide bonds. The van der Waals surface area contributed by atoms with Gasteiger partial charge in [-0.05, 0) is 13.0 Å². The number of nitriles is 1. The quantitative estimate of drug-likeness (QED) is 0.686. The van der Waals surface area contributed by atoms with Crippen LogP contribution in [0.1, 0.15) is 24.1 Å². The maximum Gasteiger partial charge on any atom is 0.144 e. The molecule has 0 heterocycles. The monoisotopic (exact) mass is 180 g/mol. The van der Waals surface area contributed by atoms with E-state index in [9.17, 15) is 9.50 Å². The van der Waals surface area contributed by atoms with Gasteiger partial charge in [-0.3, -0.25) is 0 Å². The molecule has 0 fully saturated rings. The molecule has 0 aromatic heterocycles. The number of nitrogens with two attached hydrogens (primary N) is 1. The van der Waals surface area contributed by atoms with E-state index in [0.29, 0.717) is 5.56 Å². The van der Waals surface area contributed by atoms with Crippen molar-refractivity contribution in [2.75, 3.05) is 0 Å². The van der Waals surface area contributed by atoms with Gasteiger partial charge in [0.15, 0.2) is 0 Å². The van der Waals surface area contributed by atoms with Gasteiger partial charge in [0, 0.05) is 17.7 Å². The summed E-state index contributed by atoms with van der Waals surface area (Å²) in [5.41, 5.74) is 5.76. The summed E-state index contributed by atoms with van der Waals surface area (Å²) < 4.78 is 12.9. The van der Waals surface area contributed by atoms with E-state index in [4.69, 9.17) is 11.0 Å². The minimum absolute atomic E-state index is 0.106. The van der Waals surface area contributed by atoms with Gasteiger partial charge in [0.25, 0.3) is 0 Å². The Morgan fingerprint density at radius 1 is 1.62 bits per heavy atom. The first kappa shape index (κ1) is 9.49. The highest BCUT2D eigenvalue weighted by molar-refractivity contribution is 5.43. The van der Waals surface area contributed by atoms with Crippen molar-refractivity contribution in [3.8, 4) is 11.8 Å². The number of phenols is 1. The molecule has 3 nitrogen and oxygen atoms in total. The molecule has 0 unspecified atom stereocenters. The average molecular weight is 180 g/mol. The van der Waals surface area contributed by atoms with Gasteiger partial charge < -0.3 is 10.8 Å². The molecule has 4 heteroatoms. The Hall–Kier alpha value is -1.60. The third-order valence-corrected chi connectivity index (χ3v) is 1.73. The summed E-state index contributed by atoms with van der Waals surface area (Å²) in [4.78, 5) is 0. The van der Waals surface area contributed by atoms with Gasteiger partial charge in [-0.1, -0.05) is 0 Å². The lowest BCUT2D eigenvalue weighted by Gasteiger charge is -2.08. The fraction of sp³-hybridized carbons (Fsp3) is 0.222. The smallest absolute Gasteiger partial charge is 0.144 e. The third-order valence-electron chi connectivity index (χ3n) is 1.73. The molecule has 0 spiro atoms. The van der Waals surface area contributed by atoms with Gasteiger partial charge >= 0.3 is 0 Å². The lowest BCUT2D eigenvalue weighted by Crippen LogP contribution is -2.06. The number of phenolic OH excluding ortho intramolecular Hbond substituents is 1. The molecule has 0 radical (unpaired) electrons. The van der Waals surface area contributed by atoms with E-state index in [2.05, 4.69) is 0 Å². The standard InChI is InChI=1S/C9H9FN2O/c1-5(12)7-2-6(4-11)8(10)3-9(7)13/h2-3,5,13H,12H2,1H3/t5-/m1/s1. The number of benzene rings is 1. The molecule has 3 N–H and O–H groups in total. The Kier molecular flexibility index (Phi) is 2.49. The summed E-state index contributed by atoms with van der Waals surface area (Å²) in [7, 11) is 0. The lowest BCUT2D eigenvalue weighted by atomic mass is 10.0. The average Bonchev–Trinajstić information content (AvgIpc) is 2.03. The summed E-state index contributed by atoms with van der Waals surface area (Å²) in [6, 6.07) is 3.41. The zero-order chi connectivity index (χ0) is 10.0. The van der Waals surface area contributed by atoms with Crippen molar-refractivity contribution in [1.82, 2.24) is 0 Å². The van der Waals surface area contributed by atoms with Gasteiger partial charge in [-0.2, -0.15) is 5.26 Å². The molecule has 0 aliphatic heterocycles. The van der Waals surface area contributed by atoms with Crippen LogP contribution in [0.4, 0.5) is 4.39 Å². The van der Waals surface area contributed by atoms with Crippen molar-refractivity contribution in [2.45, 2.75) is 13.0 Å². The molecule has 1 rings (SSSR count). The van der Waals surface area contributed by atoms with Gasteiger partial charge in [-0.15, -0.1) is 0 Å². The Labute approximate surface area is 75.2 Å². The Balaban J connectivity index is 3.33. The highest BCUT2D eigenvalue weighted by Gasteiger charge is 2.11. The highest BCUT2D eigenvalue weighted by Crippen LogP contribution is 2.25. The number of halogens is 1. The number of rotatable bonds is 1. The topological polar surface area (TPSA) is 70.0 Å². The maximum absolute atomic E-state index is 12.9. The zero-order valence-corrected chi connectivity index (χ0v) is 7.08. The van der Waals surface area contributed by atoms with E-state index in [1.807, 2.05) is 0 Å². The van der Waals surface area contributed by atoms with E-state index >= 15 is 0 Å². The first-order valence-electron chi connectivity index (χ1n) is 3.74. The maximum atomic E-state index is 12.9. The van der Waals surface area contributed by atoms with E-state index in [0.717, 1.165) is 6.07 Å². The van der Waals surface area contributed by atoms with Crippen molar-refractivity contribution in [1.29, 1.82) is 5.26 Å². The fourth-order valence-electron chi connectivity index (χ4n) is 1.03. The number of hydrogen-bond acceptors (Lipinski definition) is 3. The van der Waals surface area contributed by atoms with Gasteiger partial charge in [0.1, 0.15) is 17.6 Å². The second-order valence-electron chi connectivity index (χ2n) is 2.79. The predicted octanol–water partition coefficient (Wildman–Crippen LogP) is 1.42. The van der Waals surface area contributed by atoms with Crippen LogP contribution in [0.15, 0.2) is 12.1 Å². The molecule has 0 aliphatic rings. The Morgan fingerprint density at radius 2 is 2.23 bits per heavy atom. The summed E-state index contributed by atoms with van der Waals surface area (Å²) in [6.07, 6.45) is 0. The van der Waals surface area contributed by atoms with Crippen LogP contribution in [0.2, 0.25) is 0 Å². The molecule has 0 bridgehead atoms. The van der Waals surface area contributed by atoms with Crippen LogP contribution in [-0.2, 0) is 0 Å². The minimum Gasteiger partial charge on any atom is -0.508 e. The summed E-state index contributed by atoms with van der Waals surface area (Å²) in [5, 5.41) is 17.8. The number of hydrogen-bond donors (Lipinski definition) is 2. The number of nitrogens with zero attached hydrogens (tertiary/aromatic N) is 1. The Bertz CT molecular complexity index is 369. The summed E-state index contributed by atoms with van der Waals surface area (Å²) in [6.45, 7) is 1.65. The van der Waals surface area contributed by atoms with Crippen LogP contribution in [0.3, 0.4) is 0 Å². The second-order valence-corrected chi connectivity index (χ2v) is 2.79. The highest BCUT2D eigenvalue weighted by atomic mass is 19.1. The second kappa shape index (κ2) is 3.42. The van der Waals surface area contributed by atoms with Crippen molar-refractivity contribution in [3.05, 3.63) is 29.1 Å². The van der Waals surface area contributed by atoms with Crippen molar-refractivity contribution < 1.29 is 9.50 Å². The molecule has 1 aromatic rings. The van der Waals surface area contributed by atoms with Crippen LogP contribution in [0.25, 0.3) is 0 Å². The molecule has 0 aliphatic carbocycles. The molecule has 1 aromatic carbocycles. The van der Waals surface area contributed by atoms with Crippen LogP contribution >= 0.6 is 0 Å². The SMILES string of the molecule is C[C@@H](N)c1cc(C#N)c(F)cc1O. The van der Waals surface area contributed by atoms with Gasteiger partial charge in [-0.25, -0.2) is 4.39 Å². The third kappa shape index (κ3) is 1.76. The molecule has 68 valence electrons. The molecular formula is C9H9FN2O. The van der Waals surface area contributed by atoms with Gasteiger partial charge in [0.2, 0.25) is 0 Å². The number of aromatic hydroxyl groups is 1. The van der Waals surface area contributed by atoms with Crippen molar-refractivity contribution in [3.63, 3.8) is 0 Å². The molecular weight excluding hydrogens is 171 g/mol. The van der Waals surface area contributed by atoms with E-state index in [-0.39, 0.29) is 11.3 Å². The largest absolute Gasteiger partial charge is 0.508 e. The van der Waals surface area contributed by atoms with Crippen LogP contribution in [-0.4, -0.2) is 5.11 Å².